The van der Waals surface area contributed by atoms with Crippen molar-refractivity contribution < 1.29 is 14.3 Å². The van der Waals surface area contributed by atoms with Crippen molar-refractivity contribution >= 4 is 11.9 Å². The lowest BCUT2D eigenvalue weighted by molar-refractivity contribution is -0.152. The van der Waals surface area contributed by atoms with Crippen molar-refractivity contribution in [2.75, 3.05) is 19.7 Å². The molecule has 0 aromatic heterocycles. The Morgan fingerprint density at radius 2 is 0.569 bits per heavy atom. The van der Waals surface area contributed by atoms with Crippen LogP contribution in [0.1, 0.15) is 387 Å². The SMILES string of the molecule is CCCCCCCCCCCCCCCCC/C=C/CCCCCCCCCCCCCCCCCCCCCC(CC(=O)N(CCCCCCCC)CCCCCCCC)C(=O)OCCCCCCCC. The van der Waals surface area contributed by atoms with Gasteiger partial charge in [-0.05, 0) is 51.4 Å². The van der Waals surface area contributed by atoms with Crippen molar-refractivity contribution in [3.05, 3.63) is 12.2 Å². The normalized spacial score (nSPS) is 12.1. The maximum Gasteiger partial charge on any atom is 0.309 e. The molecular weight excluding hydrogens is 879 g/mol. The van der Waals surface area contributed by atoms with Crippen molar-refractivity contribution in [2.45, 2.75) is 387 Å². The Hall–Kier alpha value is -1.32. The lowest BCUT2D eigenvalue weighted by Crippen LogP contribution is -2.35. The number of carbonyl (C=O) groups is 2. The average molecular weight is 1010 g/mol. The summed E-state index contributed by atoms with van der Waals surface area (Å²) in [5.41, 5.74) is 0. The van der Waals surface area contributed by atoms with Crippen LogP contribution in [-0.2, 0) is 14.3 Å². The van der Waals surface area contributed by atoms with Gasteiger partial charge in [0.05, 0.1) is 12.5 Å². The minimum absolute atomic E-state index is 0.115. The van der Waals surface area contributed by atoms with E-state index >= 15 is 0 Å². The fourth-order valence-corrected chi connectivity index (χ4v) is 10.9. The van der Waals surface area contributed by atoms with Crippen LogP contribution in [0.2, 0.25) is 0 Å². The van der Waals surface area contributed by atoms with Crippen LogP contribution < -0.4 is 0 Å². The topological polar surface area (TPSA) is 46.6 Å². The molecular formula is C68H133NO3. The van der Waals surface area contributed by atoms with Gasteiger partial charge in [-0.3, -0.25) is 9.59 Å². The quantitative estimate of drug-likeness (QED) is 0.0346. The number of rotatable bonds is 62. The van der Waals surface area contributed by atoms with E-state index in [1.807, 2.05) is 0 Å². The molecule has 0 N–H and O–H groups in total. The molecule has 72 heavy (non-hydrogen) atoms. The van der Waals surface area contributed by atoms with Gasteiger partial charge in [0.1, 0.15) is 0 Å². The smallest absolute Gasteiger partial charge is 0.309 e. The summed E-state index contributed by atoms with van der Waals surface area (Å²) in [6, 6.07) is 0. The first-order valence-corrected chi connectivity index (χ1v) is 33.7. The van der Waals surface area contributed by atoms with Crippen LogP contribution in [0, 0.1) is 5.92 Å². The summed E-state index contributed by atoms with van der Waals surface area (Å²) in [4.78, 5) is 29.5. The number of esters is 1. The molecule has 0 fully saturated rings. The van der Waals surface area contributed by atoms with Crippen LogP contribution in [0.4, 0.5) is 0 Å². The van der Waals surface area contributed by atoms with Crippen LogP contribution in [0.5, 0.6) is 0 Å². The molecule has 0 aromatic rings. The van der Waals surface area contributed by atoms with E-state index in [2.05, 4.69) is 44.7 Å². The number of allylic oxidation sites excluding steroid dienone is 2. The summed E-state index contributed by atoms with van der Waals surface area (Å²) in [5, 5.41) is 0. The van der Waals surface area contributed by atoms with E-state index in [-0.39, 0.29) is 17.8 Å². The second kappa shape index (κ2) is 62.2. The second-order valence-electron chi connectivity index (χ2n) is 23.3. The van der Waals surface area contributed by atoms with Crippen molar-refractivity contribution in [1.29, 1.82) is 0 Å². The number of carbonyl (C=O) groups excluding carboxylic acids is 2. The first-order valence-electron chi connectivity index (χ1n) is 33.7. The minimum Gasteiger partial charge on any atom is -0.465 e. The molecule has 0 aliphatic rings. The Labute approximate surface area is 454 Å². The summed E-state index contributed by atoms with van der Waals surface area (Å²) in [6.45, 7) is 11.3. The van der Waals surface area contributed by atoms with E-state index in [9.17, 15) is 9.59 Å². The monoisotopic (exact) mass is 1010 g/mol. The van der Waals surface area contributed by atoms with Gasteiger partial charge in [-0.2, -0.15) is 0 Å². The highest BCUT2D eigenvalue weighted by molar-refractivity contribution is 5.83. The number of unbranched alkanes of at least 4 members (excludes halogenated alkanes) is 49. The Bertz CT molecular complexity index is 1060. The van der Waals surface area contributed by atoms with Gasteiger partial charge in [-0.25, -0.2) is 0 Å². The highest BCUT2D eigenvalue weighted by Gasteiger charge is 2.26. The van der Waals surface area contributed by atoms with Crippen LogP contribution in [0.3, 0.4) is 0 Å². The molecule has 0 saturated heterocycles. The first kappa shape index (κ1) is 70.7. The Morgan fingerprint density at radius 1 is 0.319 bits per heavy atom. The predicted molar refractivity (Wildman–Crippen MR) is 321 cm³/mol. The zero-order valence-electron chi connectivity index (χ0n) is 50.1. The van der Waals surface area contributed by atoms with E-state index in [1.165, 1.54) is 308 Å². The molecule has 0 radical (unpaired) electrons. The minimum atomic E-state index is -0.292. The lowest BCUT2D eigenvalue weighted by Gasteiger charge is -2.25. The molecule has 0 spiro atoms. The highest BCUT2D eigenvalue weighted by Crippen LogP contribution is 2.22. The third-order valence-electron chi connectivity index (χ3n) is 16.0. The van der Waals surface area contributed by atoms with Crippen molar-refractivity contribution in [1.82, 2.24) is 4.90 Å². The largest absolute Gasteiger partial charge is 0.465 e. The Morgan fingerprint density at radius 3 is 0.875 bits per heavy atom. The fourth-order valence-electron chi connectivity index (χ4n) is 10.9. The van der Waals surface area contributed by atoms with E-state index in [0.29, 0.717) is 13.0 Å². The molecule has 0 rings (SSSR count). The molecule has 0 aliphatic heterocycles. The predicted octanol–water partition coefficient (Wildman–Crippen LogP) is 23.5. The van der Waals surface area contributed by atoms with Crippen LogP contribution in [0.25, 0.3) is 0 Å². The maximum atomic E-state index is 13.9. The number of nitrogens with zero attached hydrogens (tertiary/aromatic N) is 1. The van der Waals surface area contributed by atoms with Gasteiger partial charge in [-0.15, -0.1) is 0 Å². The number of hydrogen-bond acceptors (Lipinski definition) is 3. The summed E-state index contributed by atoms with van der Waals surface area (Å²) >= 11 is 0. The van der Waals surface area contributed by atoms with E-state index in [4.69, 9.17) is 4.74 Å². The number of amides is 1. The molecule has 1 atom stereocenters. The Balaban J connectivity index is 4.02. The van der Waals surface area contributed by atoms with Gasteiger partial charge in [0.2, 0.25) is 5.91 Å². The number of ether oxygens (including phenoxy) is 1. The number of hydrogen-bond donors (Lipinski definition) is 0. The second-order valence-corrected chi connectivity index (χ2v) is 23.3. The molecule has 1 amide bonds. The summed E-state index contributed by atoms with van der Waals surface area (Å²) in [5.74, 6) is -0.218. The third-order valence-corrected chi connectivity index (χ3v) is 16.0. The van der Waals surface area contributed by atoms with Crippen molar-refractivity contribution in [3.8, 4) is 0 Å². The van der Waals surface area contributed by atoms with Crippen molar-refractivity contribution in [2.24, 2.45) is 5.92 Å². The van der Waals surface area contributed by atoms with E-state index < -0.39 is 0 Å². The molecule has 428 valence electrons. The van der Waals surface area contributed by atoms with Gasteiger partial charge >= 0.3 is 5.97 Å². The first-order chi connectivity index (χ1) is 35.6. The molecule has 0 saturated carbocycles. The van der Waals surface area contributed by atoms with E-state index in [1.54, 1.807) is 0 Å². The van der Waals surface area contributed by atoms with Gasteiger partial charge in [0.15, 0.2) is 0 Å². The van der Waals surface area contributed by atoms with Gasteiger partial charge in [-0.1, -0.05) is 342 Å². The van der Waals surface area contributed by atoms with Crippen LogP contribution >= 0.6 is 0 Å². The van der Waals surface area contributed by atoms with Gasteiger partial charge in [0, 0.05) is 19.5 Å². The zero-order chi connectivity index (χ0) is 52.2. The summed E-state index contributed by atoms with van der Waals surface area (Å²) in [7, 11) is 0. The van der Waals surface area contributed by atoms with Crippen LogP contribution in [-0.4, -0.2) is 36.5 Å². The van der Waals surface area contributed by atoms with Crippen molar-refractivity contribution in [3.63, 3.8) is 0 Å². The molecule has 4 nitrogen and oxygen atoms in total. The fraction of sp³-hybridized carbons (Fsp3) is 0.941. The van der Waals surface area contributed by atoms with Gasteiger partial charge in [0.25, 0.3) is 0 Å². The Kier molecular flexibility index (Phi) is 61.1. The molecule has 0 bridgehead atoms. The molecule has 0 aliphatic carbocycles. The summed E-state index contributed by atoms with van der Waals surface area (Å²) < 4.78 is 5.88. The zero-order valence-corrected chi connectivity index (χ0v) is 50.1. The molecule has 0 heterocycles. The third kappa shape index (κ3) is 54.9. The van der Waals surface area contributed by atoms with Crippen LogP contribution in [0.15, 0.2) is 12.2 Å². The standard InChI is InChI=1S/C68H133NO3/c1-5-9-13-17-21-22-23-24-25-26-27-28-29-30-31-32-33-34-35-36-37-38-39-40-41-42-43-44-45-46-47-48-49-50-51-52-53-57-61-66(68(71)72-64-60-56-20-16-12-8-4)65-67(70)69(62-58-54-18-14-10-6-2)63-59-55-19-15-11-7-3/h33-34,66H,5-32,35-65H2,1-4H3/b34-33+. The molecule has 4 heteroatoms. The highest BCUT2D eigenvalue weighted by atomic mass is 16.5. The molecule has 1 unspecified atom stereocenters. The average Bonchev–Trinajstić information content (AvgIpc) is 3.38. The lowest BCUT2D eigenvalue weighted by atomic mass is 9.96. The summed E-state index contributed by atoms with van der Waals surface area (Å²) in [6.07, 6.45) is 78.2. The van der Waals surface area contributed by atoms with Gasteiger partial charge < -0.3 is 9.64 Å². The maximum absolute atomic E-state index is 13.9. The molecule has 0 aromatic carbocycles. The van der Waals surface area contributed by atoms with E-state index in [0.717, 1.165) is 58.0 Å².